The van der Waals surface area contributed by atoms with Gasteiger partial charge in [-0.1, -0.05) is 31.2 Å². The van der Waals surface area contributed by atoms with Crippen molar-refractivity contribution in [3.05, 3.63) is 35.4 Å². The fourth-order valence-corrected chi connectivity index (χ4v) is 1.08. The van der Waals surface area contributed by atoms with Crippen LogP contribution in [-0.4, -0.2) is 6.08 Å². The first kappa shape index (κ1) is 9.62. The molecule has 0 saturated carbocycles. The van der Waals surface area contributed by atoms with E-state index >= 15 is 0 Å². The van der Waals surface area contributed by atoms with E-state index in [-0.39, 0.29) is 0 Å². The summed E-state index contributed by atoms with van der Waals surface area (Å²) in [4.78, 5) is 12.8. The summed E-state index contributed by atoms with van der Waals surface area (Å²) in [6, 6.07) is 6.96. The minimum absolute atomic E-state index is 0.405. The largest absolute Gasteiger partial charge is 0.238 e. The summed E-state index contributed by atoms with van der Waals surface area (Å²) in [5, 5.41) is 0. The topological polar surface area (TPSA) is 29.4 Å². The number of alkyl halides is 1. The molecule has 1 aromatic carbocycles. The monoisotopic (exact) mass is 179 g/mol. The molecular weight excluding hydrogens is 169 g/mol. The minimum Gasteiger partial charge on any atom is -0.215 e. The lowest BCUT2D eigenvalue weighted by molar-refractivity contribution is 0.356. The molecule has 1 aromatic rings. The molecule has 0 radical (unpaired) electrons. The lowest BCUT2D eigenvalue weighted by Crippen LogP contribution is -1.89. The van der Waals surface area contributed by atoms with Crippen molar-refractivity contribution in [1.82, 2.24) is 0 Å². The average molecular weight is 179 g/mol. The first-order valence-corrected chi connectivity index (χ1v) is 4.07. The van der Waals surface area contributed by atoms with Crippen LogP contribution in [0, 0.1) is 0 Å². The molecular formula is C10H10FNO. The molecule has 0 heterocycles. The van der Waals surface area contributed by atoms with E-state index in [4.69, 9.17) is 0 Å². The van der Waals surface area contributed by atoms with Gasteiger partial charge in [0.25, 0.3) is 0 Å². The maximum Gasteiger partial charge on any atom is 0.238 e. The third-order valence-electron chi connectivity index (χ3n) is 1.80. The van der Waals surface area contributed by atoms with Crippen LogP contribution in [0.3, 0.4) is 0 Å². The standard InChI is InChI=1S/C10H10FNO/c1-2-8-4-3-5-9(6-8)10(11)12-7-13/h3-6,10H,2H2,1H3. The predicted molar refractivity (Wildman–Crippen MR) is 47.8 cm³/mol. The summed E-state index contributed by atoms with van der Waals surface area (Å²) >= 11 is 0. The zero-order chi connectivity index (χ0) is 9.68. The Labute approximate surface area is 76.1 Å². The Kier molecular flexibility index (Phi) is 3.35. The molecule has 1 atom stereocenters. The zero-order valence-electron chi connectivity index (χ0n) is 7.33. The Bertz CT molecular complexity index is 331. The summed E-state index contributed by atoms with van der Waals surface area (Å²) in [5.41, 5.74) is 1.43. The molecule has 2 nitrogen and oxygen atoms in total. The lowest BCUT2D eigenvalue weighted by Gasteiger charge is -2.02. The van der Waals surface area contributed by atoms with Crippen LogP contribution in [0.4, 0.5) is 4.39 Å². The molecule has 0 aliphatic rings. The SMILES string of the molecule is CCc1cccc(C(F)N=C=O)c1. The van der Waals surface area contributed by atoms with Crippen LogP contribution in [0.15, 0.2) is 29.3 Å². The van der Waals surface area contributed by atoms with E-state index in [1.807, 2.05) is 13.0 Å². The van der Waals surface area contributed by atoms with Gasteiger partial charge >= 0.3 is 0 Å². The van der Waals surface area contributed by atoms with Crippen molar-refractivity contribution < 1.29 is 9.18 Å². The highest BCUT2D eigenvalue weighted by atomic mass is 19.1. The lowest BCUT2D eigenvalue weighted by atomic mass is 10.1. The van der Waals surface area contributed by atoms with E-state index < -0.39 is 6.30 Å². The third kappa shape index (κ3) is 2.49. The molecule has 0 aromatic heterocycles. The highest BCUT2D eigenvalue weighted by Crippen LogP contribution is 2.19. The molecule has 13 heavy (non-hydrogen) atoms. The van der Waals surface area contributed by atoms with Gasteiger partial charge in [0.2, 0.25) is 12.4 Å². The fourth-order valence-electron chi connectivity index (χ4n) is 1.08. The number of benzene rings is 1. The van der Waals surface area contributed by atoms with Crippen molar-refractivity contribution in [1.29, 1.82) is 0 Å². The van der Waals surface area contributed by atoms with Crippen molar-refractivity contribution in [3.8, 4) is 0 Å². The fraction of sp³-hybridized carbons (Fsp3) is 0.300. The number of rotatable bonds is 3. The van der Waals surface area contributed by atoms with Gasteiger partial charge < -0.3 is 0 Å². The number of halogens is 1. The number of carbonyl (C=O) groups excluding carboxylic acids is 1. The van der Waals surface area contributed by atoms with E-state index in [1.165, 1.54) is 6.08 Å². The van der Waals surface area contributed by atoms with Crippen molar-refractivity contribution in [2.75, 3.05) is 0 Å². The van der Waals surface area contributed by atoms with Gasteiger partial charge in [-0.05, 0) is 12.0 Å². The number of aryl methyl sites for hydroxylation is 1. The molecule has 1 rings (SSSR count). The number of aliphatic imine (C=N–C) groups is 1. The smallest absolute Gasteiger partial charge is 0.215 e. The van der Waals surface area contributed by atoms with Crippen LogP contribution in [-0.2, 0) is 11.2 Å². The van der Waals surface area contributed by atoms with E-state index in [1.54, 1.807) is 18.2 Å². The molecule has 0 amide bonds. The molecule has 1 unspecified atom stereocenters. The predicted octanol–water partition coefficient (Wildman–Crippen LogP) is 2.55. The van der Waals surface area contributed by atoms with Crippen LogP contribution in [0.25, 0.3) is 0 Å². The van der Waals surface area contributed by atoms with Crippen LogP contribution in [0.1, 0.15) is 24.3 Å². The highest BCUT2D eigenvalue weighted by molar-refractivity contribution is 5.35. The van der Waals surface area contributed by atoms with Crippen LogP contribution in [0.2, 0.25) is 0 Å². The quantitative estimate of drug-likeness (QED) is 0.398. The van der Waals surface area contributed by atoms with Crippen molar-refractivity contribution in [2.45, 2.75) is 19.6 Å². The van der Waals surface area contributed by atoms with E-state index in [0.29, 0.717) is 5.56 Å². The zero-order valence-corrected chi connectivity index (χ0v) is 7.33. The third-order valence-corrected chi connectivity index (χ3v) is 1.80. The first-order chi connectivity index (χ1) is 6.27. The second-order valence-electron chi connectivity index (χ2n) is 2.65. The van der Waals surface area contributed by atoms with Crippen LogP contribution >= 0.6 is 0 Å². The van der Waals surface area contributed by atoms with Gasteiger partial charge in [0.1, 0.15) is 0 Å². The molecule has 0 saturated heterocycles. The van der Waals surface area contributed by atoms with Gasteiger partial charge in [0.05, 0.1) is 0 Å². The van der Waals surface area contributed by atoms with Gasteiger partial charge in [0, 0.05) is 5.56 Å². The molecule has 3 heteroatoms. The summed E-state index contributed by atoms with van der Waals surface area (Å²) < 4.78 is 13.0. The van der Waals surface area contributed by atoms with Crippen LogP contribution in [0.5, 0.6) is 0 Å². The van der Waals surface area contributed by atoms with E-state index in [0.717, 1.165) is 12.0 Å². The second-order valence-corrected chi connectivity index (χ2v) is 2.65. The Morgan fingerprint density at radius 1 is 1.62 bits per heavy atom. The van der Waals surface area contributed by atoms with Crippen molar-refractivity contribution >= 4 is 6.08 Å². The van der Waals surface area contributed by atoms with E-state index in [9.17, 15) is 9.18 Å². The number of isocyanates is 1. The maximum absolute atomic E-state index is 13.0. The minimum atomic E-state index is -1.58. The Morgan fingerprint density at radius 3 is 3.00 bits per heavy atom. The van der Waals surface area contributed by atoms with Gasteiger partial charge in [-0.3, -0.25) is 0 Å². The number of hydrogen-bond acceptors (Lipinski definition) is 2. The number of hydrogen-bond donors (Lipinski definition) is 0. The maximum atomic E-state index is 13.0. The van der Waals surface area contributed by atoms with Crippen molar-refractivity contribution in [2.24, 2.45) is 4.99 Å². The van der Waals surface area contributed by atoms with Gasteiger partial charge in [0.15, 0.2) is 0 Å². The summed E-state index contributed by atoms with van der Waals surface area (Å²) in [6.07, 6.45) is 0.462. The Morgan fingerprint density at radius 2 is 2.38 bits per heavy atom. The van der Waals surface area contributed by atoms with Gasteiger partial charge in [-0.2, -0.15) is 4.99 Å². The Hall–Kier alpha value is -1.47. The summed E-state index contributed by atoms with van der Waals surface area (Å²) in [7, 11) is 0. The molecule has 68 valence electrons. The molecule has 0 bridgehead atoms. The molecule has 0 aliphatic carbocycles. The molecule has 0 N–H and O–H groups in total. The van der Waals surface area contributed by atoms with E-state index in [2.05, 4.69) is 4.99 Å². The highest BCUT2D eigenvalue weighted by Gasteiger charge is 2.06. The molecule has 0 spiro atoms. The Balaban J connectivity index is 2.94. The van der Waals surface area contributed by atoms with Crippen molar-refractivity contribution in [3.63, 3.8) is 0 Å². The normalized spacial score (nSPS) is 11.8. The van der Waals surface area contributed by atoms with Gasteiger partial charge in [-0.15, -0.1) is 0 Å². The number of nitrogens with zero attached hydrogens (tertiary/aromatic N) is 1. The average Bonchev–Trinajstić information content (AvgIpc) is 2.18. The second kappa shape index (κ2) is 4.53. The molecule has 0 fully saturated rings. The summed E-state index contributed by atoms with van der Waals surface area (Å²) in [5.74, 6) is 0. The summed E-state index contributed by atoms with van der Waals surface area (Å²) in [6.45, 7) is 1.98. The van der Waals surface area contributed by atoms with Gasteiger partial charge in [-0.25, -0.2) is 9.18 Å². The molecule has 0 aliphatic heterocycles. The first-order valence-electron chi connectivity index (χ1n) is 4.07. The van der Waals surface area contributed by atoms with Crippen LogP contribution < -0.4 is 0 Å².